The van der Waals surface area contributed by atoms with Crippen molar-refractivity contribution >= 4 is 21.7 Å². The van der Waals surface area contributed by atoms with E-state index in [0.29, 0.717) is 23.4 Å². The molecular formula is C24H20N2O4S. The van der Waals surface area contributed by atoms with Crippen LogP contribution >= 0.6 is 0 Å². The molecule has 156 valence electrons. The number of sulfonamides is 1. The molecule has 1 aliphatic rings. The normalized spacial score (nSPS) is 13.2. The lowest BCUT2D eigenvalue weighted by molar-refractivity contribution is 0.0472. The zero-order valence-electron chi connectivity index (χ0n) is 16.7. The van der Waals surface area contributed by atoms with Gasteiger partial charge in [0.1, 0.15) is 6.61 Å². The fourth-order valence-electron chi connectivity index (χ4n) is 3.62. The number of carbonyl (C=O) groups excluding carboxylic acids is 1. The Bertz CT molecular complexity index is 1260. The summed E-state index contributed by atoms with van der Waals surface area (Å²) in [4.78, 5) is 12.5. The molecule has 4 rings (SSSR count). The van der Waals surface area contributed by atoms with Crippen LogP contribution in [0.4, 0.5) is 5.69 Å². The number of fused-ring (bicyclic) bond motifs is 1. The largest absolute Gasteiger partial charge is 0.457 e. The fourth-order valence-corrected chi connectivity index (χ4v) is 5.16. The van der Waals surface area contributed by atoms with Crippen molar-refractivity contribution in [1.29, 1.82) is 5.26 Å². The Balaban J connectivity index is 1.50. The number of nitrogens with zero attached hydrogens (tertiary/aromatic N) is 2. The lowest BCUT2D eigenvalue weighted by Crippen LogP contribution is -2.35. The van der Waals surface area contributed by atoms with Crippen LogP contribution in [0.2, 0.25) is 0 Å². The molecule has 1 aliphatic heterocycles. The van der Waals surface area contributed by atoms with Crippen LogP contribution in [-0.2, 0) is 27.8 Å². The molecule has 31 heavy (non-hydrogen) atoms. The maximum absolute atomic E-state index is 13.2. The summed E-state index contributed by atoms with van der Waals surface area (Å²) < 4.78 is 33.1. The standard InChI is InChI=1S/C24H20N2O4S/c25-16-20-7-1-2-8-21(20)17-30-24(27)19-11-13-22(14-12-19)31(28,29)26-15-5-9-18-6-3-4-10-23(18)26/h1-4,6-8,10-14H,5,9,15,17H2. The van der Waals surface area contributed by atoms with Gasteiger partial charge >= 0.3 is 5.97 Å². The second-order valence-electron chi connectivity index (χ2n) is 7.18. The number of ether oxygens (including phenoxy) is 1. The fraction of sp³-hybridized carbons (Fsp3) is 0.167. The third-order valence-electron chi connectivity index (χ3n) is 5.24. The van der Waals surface area contributed by atoms with Crippen molar-refractivity contribution in [3.8, 4) is 6.07 Å². The van der Waals surface area contributed by atoms with E-state index in [-0.39, 0.29) is 17.1 Å². The zero-order chi connectivity index (χ0) is 21.8. The highest BCUT2D eigenvalue weighted by molar-refractivity contribution is 7.92. The van der Waals surface area contributed by atoms with Crippen molar-refractivity contribution in [2.24, 2.45) is 0 Å². The van der Waals surface area contributed by atoms with Gasteiger partial charge in [-0.25, -0.2) is 13.2 Å². The van der Waals surface area contributed by atoms with E-state index in [1.54, 1.807) is 24.3 Å². The van der Waals surface area contributed by atoms with E-state index in [4.69, 9.17) is 10.00 Å². The van der Waals surface area contributed by atoms with E-state index < -0.39 is 16.0 Å². The van der Waals surface area contributed by atoms with Gasteiger partial charge in [-0.1, -0.05) is 36.4 Å². The topological polar surface area (TPSA) is 87.5 Å². The summed E-state index contributed by atoms with van der Waals surface area (Å²) in [6.45, 7) is 0.384. The van der Waals surface area contributed by atoms with E-state index in [9.17, 15) is 13.2 Å². The van der Waals surface area contributed by atoms with Crippen molar-refractivity contribution < 1.29 is 17.9 Å². The first kappa shape index (κ1) is 20.6. The highest BCUT2D eigenvalue weighted by Gasteiger charge is 2.29. The number of anilines is 1. The van der Waals surface area contributed by atoms with Crippen molar-refractivity contribution in [1.82, 2.24) is 0 Å². The summed E-state index contributed by atoms with van der Waals surface area (Å²) in [7, 11) is -3.74. The number of benzene rings is 3. The van der Waals surface area contributed by atoms with E-state index in [1.165, 1.54) is 28.6 Å². The van der Waals surface area contributed by atoms with Gasteiger partial charge in [0.05, 0.1) is 27.8 Å². The molecule has 0 saturated heterocycles. The molecule has 3 aromatic carbocycles. The van der Waals surface area contributed by atoms with E-state index >= 15 is 0 Å². The number of aryl methyl sites for hydroxylation is 1. The van der Waals surface area contributed by atoms with E-state index in [1.807, 2.05) is 24.3 Å². The Labute approximate surface area is 181 Å². The van der Waals surface area contributed by atoms with Gasteiger partial charge in [0.15, 0.2) is 0 Å². The smallest absolute Gasteiger partial charge is 0.338 e. The third kappa shape index (κ3) is 4.16. The number of para-hydroxylation sites is 1. The Kier molecular flexibility index (Phi) is 5.74. The summed E-state index contributed by atoms with van der Waals surface area (Å²) in [6.07, 6.45) is 1.60. The first-order valence-electron chi connectivity index (χ1n) is 9.86. The van der Waals surface area contributed by atoms with Gasteiger partial charge in [-0.05, 0) is 54.8 Å². The number of nitriles is 1. The zero-order valence-corrected chi connectivity index (χ0v) is 17.5. The van der Waals surface area contributed by atoms with Crippen LogP contribution in [0, 0.1) is 11.3 Å². The molecule has 6 nitrogen and oxygen atoms in total. The predicted octanol–water partition coefficient (Wildman–Crippen LogP) is 4.06. The summed E-state index contributed by atoms with van der Waals surface area (Å²) in [5.74, 6) is -0.583. The van der Waals surface area contributed by atoms with E-state index in [0.717, 1.165) is 18.4 Å². The summed E-state index contributed by atoms with van der Waals surface area (Å²) >= 11 is 0. The highest BCUT2D eigenvalue weighted by Crippen LogP contribution is 2.31. The molecular weight excluding hydrogens is 412 g/mol. The molecule has 0 saturated carbocycles. The number of hydrogen-bond acceptors (Lipinski definition) is 5. The molecule has 0 radical (unpaired) electrons. The Morgan fingerprint density at radius 3 is 2.48 bits per heavy atom. The number of carbonyl (C=O) groups is 1. The van der Waals surface area contributed by atoms with Crippen molar-refractivity contribution in [3.05, 3.63) is 95.1 Å². The second-order valence-corrected chi connectivity index (χ2v) is 9.04. The first-order chi connectivity index (χ1) is 15.0. The molecule has 0 atom stereocenters. The number of hydrogen-bond donors (Lipinski definition) is 0. The quantitative estimate of drug-likeness (QED) is 0.568. The molecule has 0 spiro atoms. The van der Waals surface area contributed by atoms with Crippen molar-refractivity contribution in [2.45, 2.75) is 24.3 Å². The molecule has 1 heterocycles. The highest BCUT2D eigenvalue weighted by atomic mass is 32.2. The van der Waals surface area contributed by atoms with Crippen LogP contribution in [0.1, 0.15) is 33.5 Å². The minimum atomic E-state index is -3.74. The van der Waals surface area contributed by atoms with Crippen LogP contribution in [-0.4, -0.2) is 20.9 Å². The van der Waals surface area contributed by atoms with Gasteiger partial charge < -0.3 is 4.74 Å². The van der Waals surface area contributed by atoms with Crippen LogP contribution in [0.15, 0.2) is 77.7 Å². The van der Waals surface area contributed by atoms with Gasteiger partial charge in [0, 0.05) is 12.1 Å². The van der Waals surface area contributed by atoms with E-state index in [2.05, 4.69) is 6.07 Å². The van der Waals surface area contributed by atoms with Gasteiger partial charge in [0.25, 0.3) is 10.0 Å². The average molecular weight is 433 g/mol. The van der Waals surface area contributed by atoms with Gasteiger partial charge in [-0.15, -0.1) is 0 Å². The van der Waals surface area contributed by atoms with Gasteiger partial charge in [-0.2, -0.15) is 5.26 Å². The summed E-state index contributed by atoms with van der Waals surface area (Å²) in [5.41, 5.74) is 3.01. The maximum Gasteiger partial charge on any atom is 0.338 e. The minimum absolute atomic E-state index is 0.0345. The monoisotopic (exact) mass is 432 g/mol. The average Bonchev–Trinajstić information content (AvgIpc) is 2.82. The van der Waals surface area contributed by atoms with Gasteiger partial charge in [0.2, 0.25) is 0 Å². The molecule has 0 unspecified atom stereocenters. The number of rotatable bonds is 5. The minimum Gasteiger partial charge on any atom is -0.457 e. The predicted molar refractivity (Wildman–Crippen MR) is 116 cm³/mol. The summed E-state index contributed by atoms with van der Waals surface area (Å²) in [6, 6.07) is 22.2. The number of esters is 1. The van der Waals surface area contributed by atoms with Crippen LogP contribution in [0.5, 0.6) is 0 Å². The summed E-state index contributed by atoms with van der Waals surface area (Å²) in [5, 5.41) is 9.12. The Hall–Kier alpha value is -3.63. The third-order valence-corrected chi connectivity index (χ3v) is 7.07. The molecule has 7 heteroatoms. The van der Waals surface area contributed by atoms with Crippen molar-refractivity contribution in [3.63, 3.8) is 0 Å². The van der Waals surface area contributed by atoms with Crippen LogP contribution in [0.25, 0.3) is 0 Å². The van der Waals surface area contributed by atoms with Gasteiger partial charge in [-0.3, -0.25) is 4.31 Å². The molecule has 0 fully saturated rings. The SMILES string of the molecule is N#Cc1ccccc1COC(=O)c1ccc(S(=O)(=O)N2CCCc3ccccc32)cc1. The molecule has 3 aromatic rings. The first-order valence-corrected chi connectivity index (χ1v) is 11.3. The molecule has 0 aromatic heterocycles. The Morgan fingerprint density at radius 1 is 1.00 bits per heavy atom. The molecule has 0 aliphatic carbocycles. The Morgan fingerprint density at radius 2 is 1.71 bits per heavy atom. The lowest BCUT2D eigenvalue weighted by Gasteiger charge is -2.30. The maximum atomic E-state index is 13.2. The van der Waals surface area contributed by atoms with Crippen LogP contribution < -0.4 is 4.31 Å². The lowest BCUT2D eigenvalue weighted by atomic mass is 10.0. The molecule has 0 bridgehead atoms. The van der Waals surface area contributed by atoms with Crippen molar-refractivity contribution in [2.75, 3.05) is 10.8 Å². The molecule has 0 amide bonds. The molecule has 0 N–H and O–H groups in total. The second kappa shape index (κ2) is 8.62. The van der Waals surface area contributed by atoms with Crippen LogP contribution in [0.3, 0.4) is 0 Å².